The van der Waals surface area contributed by atoms with E-state index in [2.05, 4.69) is 13.2 Å². The molecular weight excluding hydrogens is 196 g/mol. The highest BCUT2D eigenvalue weighted by molar-refractivity contribution is 5.96. The number of hydrogen-bond donors (Lipinski definition) is 2. The molecule has 0 heterocycles. The number of rotatable bonds is 2. The first kappa shape index (κ1) is 12.9. The van der Waals surface area contributed by atoms with Crippen LogP contribution >= 0.6 is 0 Å². The summed E-state index contributed by atoms with van der Waals surface area (Å²) in [6, 6.07) is 4.17. The molecule has 0 saturated carbocycles. The van der Waals surface area contributed by atoms with Gasteiger partial charge in [-0.3, -0.25) is 0 Å². The summed E-state index contributed by atoms with van der Waals surface area (Å²) in [7, 11) is 0. The normalized spacial score (nSPS) is 8.60. The maximum atomic E-state index is 10.6. The molecule has 4 heteroatoms. The third-order valence-corrected chi connectivity index (χ3v) is 1.79. The minimum Gasteiger partial charge on any atom is -0.478 e. The molecule has 0 aromatic heterocycles. The van der Waals surface area contributed by atoms with Gasteiger partial charge in [0.05, 0.1) is 11.1 Å². The van der Waals surface area contributed by atoms with E-state index in [1.165, 1.54) is 25.1 Å². The molecule has 1 aromatic carbocycles. The highest BCUT2D eigenvalue weighted by atomic mass is 16.4. The van der Waals surface area contributed by atoms with Crippen LogP contribution in [-0.4, -0.2) is 22.2 Å². The molecule has 2 N–H and O–H groups in total. The van der Waals surface area contributed by atoms with Gasteiger partial charge in [-0.2, -0.15) is 0 Å². The molecule has 0 radical (unpaired) electrons. The summed E-state index contributed by atoms with van der Waals surface area (Å²) in [4.78, 5) is 21.2. The van der Waals surface area contributed by atoms with Crippen molar-refractivity contribution in [3.05, 3.63) is 48.0 Å². The van der Waals surface area contributed by atoms with Crippen molar-refractivity contribution in [3.63, 3.8) is 0 Å². The number of benzene rings is 1. The van der Waals surface area contributed by atoms with Gasteiger partial charge >= 0.3 is 11.9 Å². The Labute approximate surface area is 87.5 Å². The fourth-order valence-corrected chi connectivity index (χ4v) is 1.10. The predicted molar refractivity (Wildman–Crippen MR) is 56.4 cm³/mol. The van der Waals surface area contributed by atoms with Crippen molar-refractivity contribution in [1.29, 1.82) is 0 Å². The Morgan fingerprint density at radius 3 is 1.67 bits per heavy atom. The fourth-order valence-electron chi connectivity index (χ4n) is 1.10. The van der Waals surface area contributed by atoms with Crippen LogP contribution in [0.3, 0.4) is 0 Å². The first-order chi connectivity index (χ1) is 7.04. The quantitative estimate of drug-likeness (QED) is 0.730. The number of carboxylic acids is 2. The highest BCUT2D eigenvalue weighted by Gasteiger charge is 2.13. The Balaban J connectivity index is 0.000000921. The zero-order chi connectivity index (χ0) is 12.0. The minimum absolute atomic E-state index is 0.0277. The van der Waals surface area contributed by atoms with Gasteiger partial charge in [0.1, 0.15) is 0 Å². The zero-order valence-corrected chi connectivity index (χ0v) is 8.36. The Bertz CT molecular complexity index is 350. The first-order valence-electron chi connectivity index (χ1n) is 4.10. The number of carbonyl (C=O) groups is 2. The summed E-state index contributed by atoms with van der Waals surface area (Å²) in [5.41, 5.74) is 0.335. The molecule has 0 bridgehead atoms. The number of carboxylic acid groups (broad SMARTS) is 2. The van der Waals surface area contributed by atoms with E-state index in [0.29, 0.717) is 0 Å². The van der Waals surface area contributed by atoms with Gasteiger partial charge in [-0.1, -0.05) is 6.07 Å². The smallest absolute Gasteiger partial charge is 0.335 e. The Kier molecular flexibility index (Phi) is 4.81. The van der Waals surface area contributed by atoms with E-state index < -0.39 is 11.9 Å². The molecule has 4 nitrogen and oxygen atoms in total. The van der Waals surface area contributed by atoms with Crippen LogP contribution < -0.4 is 0 Å². The van der Waals surface area contributed by atoms with Crippen LogP contribution in [0.4, 0.5) is 0 Å². The Morgan fingerprint density at radius 1 is 1.07 bits per heavy atom. The van der Waals surface area contributed by atoms with Gasteiger partial charge in [0.2, 0.25) is 0 Å². The van der Waals surface area contributed by atoms with Gasteiger partial charge in [0.15, 0.2) is 0 Å². The van der Waals surface area contributed by atoms with E-state index in [1.54, 1.807) is 0 Å². The predicted octanol–water partition coefficient (Wildman–Crippen LogP) is 2.19. The van der Waals surface area contributed by atoms with Crippen LogP contribution in [0.5, 0.6) is 0 Å². The number of hydrogen-bond acceptors (Lipinski definition) is 2. The van der Waals surface area contributed by atoms with Gasteiger partial charge in [0, 0.05) is 0 Å². The summed E-state index contributed by atoms with van der Waals surface area (Å²) >= 11 is 0. The van der Waals surface area contributed by atoms with E-state index in [4.69, 9.17) is 10.2 Å². The minimum atomic E-state index is -1.11. The van der Waals surface area contributed by atoms with Crippen molar-refractivity contribution in [1.82, 2.24) is 0 Å². The van der Waals surface area contributed by atoms with E-state index >= 15 is 0 Å². The van der Waals surface area contributed by atoms with E-state index in [1.807, 2.05) is 0 Å². The van der Waals surface area contributed by atoms with Crippen molar-refractivity contribution >= 4 is 11.9 Å². The van der Waals surface area contributed by atoms with Crippen molar-refractivity contribution in [2.45, 2.75) is 6.92 Å². The number of aromatic carboxylic acids is 2. The SMILES string of the molecule is C=C.Cc1c(C(=O)O)cccc1C(=O)O. The topological polar surface area (TPSA) is 74.6 Å². The molecule has 0 fully saturated rings. The summed E-state index contributed by atoms with van der Waals surface area (Å²) in [5.74, 6) is -2.22. The lowest BCUT2D eigenvalue weighted by Gasteiger charge is -2.03. The van der Waals surface area contributed by atoms with Crippen LogP contribution in [0.1, 0.15) is 26.3 Å². The molecule has 1 rings (SSSR count). The van der Waals surface area contributed by atoms with Crippen molar-refractivity contribution in [2.24, 2.45) is 0 Å². The van der Waals surface area contributed by atoms with E-state index in [-0.39, 0.29) is 16.7 Å². The second kappa shape index (κ2) is 5.59. The van der Waals surface area contributed by atoms with Crippen molar-refractivity contribution in [3.8, 4) is 0 Å². The first-order valence-corrected chi connectivity index (χ1v) is 4.10. The van der Waals surface area contributed by atoms with Crippen LogP contribution in [0, 0.1) is 6.92 Å². The van der Waals surface area contributed by atoms with E-state index in [0.717, 1.165) is 0 Å². The summed E-state index contributed by atoms with van der Waals surface area (Å²) in [6.45, 7) is 7.48. The molecule has 0 saturated heterocycles. The second-order valence-corrected chi connectivity index (χ2v) is 2.59. The molecule has 0 unspecified atom stereocenters. The molecule has 15 heavy (non-hydrogen) atoms. The maximum Gasteiger partial charge on any atom is 0.335 e. The van der Waals surface area contributed by atoms with Crippen molar-refractivity contribution in [2.75, 3.05) is 0 Å². The molecular formula is C11H12O4. The lowest BCUT2D eigenvalue weighted by atomic mass is 10.0. The summed E-state index contributed by atoms with van der Waals surface area (Å²) < 4.78 is 0. The fraction of sp³-hybridized carbons (Fsp3) is 0.0909. The molecule has 0 aliphatic carbocycles. The average Bonchev–Trinajstić information content (AvgIpc) is 2.20. The van der Waals surface area contributed by atoms with E-state index in [9.17, 15) is 9.59 Å². The second-order valence-electron chi connectivity index (χ2n) is 2.59. The monoisotopic (exact) mass is 208 g/mol. The molecule has 0 amide bonds. The van der Waals surface area contributed by atoms with Crippen LogP contribution in [-0.2, 0) is 0 Å². The molecule has 80 valence electrons. The average molecular weight is 208 g/mol. The van der Waals surface area contributed by atoms with Crippen LogP contribution in [0.15, 0.2) is 31.4 Å². The molecule has 1 aromatic rings. The Morgan fingerprint density at radius 2 is 1.40 bits per heavy atom. The summed E-state index contributed by atoms with van der Waals surface area (Å²) in [5, 5.41) is 17.4. The third kappa shape index (κ3) is 2.95. The van der Waals surface area contributed by atoms with Crippen LogP contribution in [0.2, 0.25) is 0 Å². The van der Waals surface area contributed by atoms with Gasteiger partial charge in [-0.05, 0) is 24.6 Å². The van der Waals surface area contributed by atoms with Gasteiger partial charge < -0.3 is 10.2 Å². The zero-order valence-electron chi connectivity index (χ0n) is 8.36. The lowest BCUT2D eigenvalue weighted by Crippen LogP contribution is -2.06. The third-order valence-electron chi connectivity index (χ3n) is 1.79. The largest absolute Gasteiger partial charge is 0.478 e. The van der Waals surface area contributed by atoms with Gasteiger partial charge in [-0.25, -0.2) is 9.59 Å². The standard InChI is InChI=1S/C9H8O4.C2H4/c1-5-6(8(10)11)3-2-4-7(5)9(12)13;1-2/h2-4H,1H3,(H,10,11)(H,12,13);1-2H2. The molecule has 0 aliphatic rings. The molecule has 0 aliphatic heterocycles. The maximum absolute atomic E-state index is 10.6. The lowest BCUT2D eigenvalue weighted by molar-refractivity contribution is 0.0696. The van der Waals surface area contributed by atoms with Crippen LogP contribution in [0.25, 0.3) is 0 Å². The molecule has 0 atom stereocenters. The van der Waals surface area contributed by atoms with Crippen molar-refractivity contribution < 1.29 is 19.8 Å². The highest BCUT2D eigenvalue weighted by Crippen LogP contribution is 2.13. The van der Waals surface area contributed by atoms with Gasteiger partial charge in [-0.15, -0.1) is 13.2 Å². The Hall–Kier alpha value is -2.10. The van der Waals surface area contributed by atoms with Gasteiger partial charge in [0.25, 0.3) is 0 Å². The summed E-state index contributed by atoms with van der Waals surface area (Å²) in [6.07, 6.45) is 0. The molecule has 0 spiro atoms.